The Morgan fingerprint density at radius 1 is 0.691 bits per heavy atom. The topological polar surface area (TPSA) is 304 Å². The van der Waals surface area contributed by atoms with Crippen LogP contribution in [-0.2, 0) is 51.3 Å². The fourth-order valence-electron chi connectivity index (χ4n) is 2.99. The highest BCUT2D eigenvalue weighted by atomic mass is 32.2. The first-order valence-electron chi connectivity index (χ1n) is 15.7. The van der Waals surface area contributed by atoms with Gasteiger partial charge in [0, 0.05) is 0 Å². The van der Waals surface area contributed by atoms with Crippen LogP contribution in [0.4, 0.5) is 4.79 Å². The summed E-state index contributed by atoms with van der Waals surface area (Å²) in [5.41, 5.74) is -4.06. The van der Waals surface area contributed by atoms with Gasteiger partial charge < -0.3 is 20.1 Å². The maximum atomic E-state index is 12.7. The van der Waals surface area contributed by atoms with E-state index in [0.29, 0.717) is 19.2 Å². The molecule has 0 aromatic carbocycles. The largest absolute Gasteiger partial charge is 0.443 e. The van der Waals surface area contributed by atoms with Crippen molar-refractivity contribution in [1.82, 2.24) is 15.0 Å². The number of rotatable bonds is 7. The van der Waals surface area contributed by atoms with Crippen LogP contribution in [-0.4, -0.2) is 62.8 Å². The second-order valence-corrected chi connectivity index (χ2v) is 30.0. The lowest BCUT2D eigenvalue weighted by atomic mass is 10.2. The minimum Gasteiger partial charge on any atom is -0.442 e. The second-order valence-electron chi connectivity index (χ2n) is 15.8. The number of aliphatic hydroxyl groups is 3. The molecule has 3 aromatic rings. The van der Waals surface area contributed by atoms with Gasteiger partial charge in [-0.15, -0.1) is 38.4 Å². The van der Waals surface area contributed by atoms with Crippen molar-refractivity contribution in [3.05, 3.63) is 33.6 Å². The summed E-state index contributed by atoms with van der Waals surface area (Å²) in [6.07, 6.45) is 2.99. The molecule has 24 heteroatoms. The molecular formula is C31H63N9O8S6Si. The molecule has 320 valence electrons. The van der Waals surface area contributed by atoms with Gasteiger partial charge in [-0.1, -0.05) is 35.6 Å². The third-order valence-corrected chi connectivity index (χ3v) is 22.0. The second kappa shape index (κ2) is 18.8. The number of thiazole rings is 3. The molecule has 0 radical (unpaired) electrons. The van der Waals surface area contributed by atoms with Crippen molar-refractivity contribution >= 4 is 78.1 Å². The first-order chi connectivity index (χ1) is 23.2. The summed E-state index contributed by atoms with van der Waals surface area (Å²) in [5, 5.41) is 47.1. The summed E-state index contributed by atoms with van der Waals surface area (Å²) in [5.74, 6) is 0. The van der Waals surface area contributed by atoms with Gasteiger partial charge in [0.05, 0.1) is 18.6 Å². The van der Waals surface area contributed by atoms with Crippen molar-refractivity contribution < 1.29 is 37.5 Å². The predicted molar refractivity (Wildman–Crippen MR) is 228 cm³/mol. The molecule has 55 heavy (non-hydrogen) atoms. The zero-order valence-corrected chi connectivity index (χ0v) is 38.4. The van der Waals surface area contributed by atoms with Crippen LogP contribution in [0.15, 0.2) is 39.6 Å². The van der Waals surface area contributed by atoms with Crippen molar-refractivity contribution in [3.8, 4) is 0 Å². The number of nitrogens with two attached hydrogens (primary N) is 3. The van der Waals surface area contributed by atoms with Gasteiger partial charge in [0.15, 0.2) is 18.2 Å². The van der Waals surface area contributed by atoms with Crippen LogP contribution in [0.5, 0.6) is 0 Å². The lowest BCUT2D eigenvalue weighted by Gasteiger charge is -2.32. The van der Waals surface area contributed by atoms with Crippen LogP contribution in [0, 0.1) is 4.78 Å². The molecule has 0 saturated carbocycles. The monoisotopic (exact) mass is 909 g/mol. The van der Waals surface area contributed by atoms with Gasteiger partial charge in [-0.25, -0.2) is 52.6 Å². The van der Waals surface area contributed by atoms with Crippen LogP contribution >= 0.6 is 34.0 Å². The smallest absolute Gasteiger partial charge is 0.442 e. The number of carbonyl (C=O) groups is 1. The van der Waals surface area contributed by atoms with E-state index in [1.54, 1.807) is 62.3 Å². The molecule has 3 unspecified atom stereocenters. The molecule has 0 spiro atoms. The average Bonchev–Trinajstić information content (AvgIpc) is 3.67. The summed E-state index contributed by atoms with van der Waals surface area (Å²) in [4.78, 5) is 23.4. The van der Waals surface area contributed by atoms with Gasteiger partial charge in [-0.3, -0.25) is 4.03 Å². The van der Waals surface area contributed by atoms with Crippen molar-refractivity contribution in [1.29, 1.82) is 4.78 Å². The number of amides is 1. The van der Waals surface area contributed by atoms with E-state index in [-0.39, 0.29) is 28.3 Å². The highest BCUT2D eigenvalue weighted by Crippen LogP contribution is 2.38. The molecule has 0 aliphatic heterocycles. The van der Waals surface area contributed by atoms with Crippen LogP contribution in [0.2, 0.25) is 18.1 Å². The van der Waals surface area contributed by atoms with E-state index in [0.717, 1.165) is 34.0 Å². The predicted octanol–water partition coefficient (Wildman–Crippen LogP) is 7.00. The molecule has 0 saturated heterocycles. The number of ether oxygens (including phenoxy) is 1. The normalized spacial score (nSPS) is 15.8. The summed E-state index contributed by atoms with van der Waals surface area (Å²) < 4.78 is 56.7. The number of nitrogens with one attached hydrogen (secondary N) is 1. The minimum atomic E-state index is -3.43. The summed E-state index contributed by atoms with van der Waals surface area (Å²) in [7, 11) is -11.7. The van der Waals surface area contributed by atoms with Crippen LogP contribution in [0.25, 0.3) is 0 Å². The SMILES string of the molecule is C.C.CC(C)(C)OC(=O)N=S(N)(=O)c1cnc(C(C)(C)O)s1.CC(C)(O)c1ncc(S(=N)(N)=O)s1.CC(C)(O)c1ncc(S(N)(=O)=N[Si](C)(C)C(C)(C)C)s1. The molecule has 3 atom stereocenters. The highest BCUT2D eigenvalue weighted by molar-refractivity contribution is 7.94. The first-order valence-corrected chi connectivity index (χ1v) is 25.8. The van der Waals surface area contributed by atoms with E-state index in [2.05, 4.69) is 57.2 Å². The molecule has 0 aliphatic carbocycles. The molecule has 3 rings (SSSR count). The number of hydrogen-bond acceptors (Lipinski definition) is 16. The number of nitrogens with zero attached hydrogens (tertiary/aromatic N) is 5. The van der Waals surface area contributed by atoms with Gasteiger partial charge in [0.2, 0.25) is 0 Å². The van der Waals surface area contributed by atoms with E-state index in [9.17, 15) is 32.7 Å². The summed E-state index contributed by atoms with van der Waals surface area (Å²) in [6, 6.07) is 0. The minimum absolute atomic E-state index is 0. The Balaban J connectivity index is 0. The molecule has 3 aromatic heterocycles. The maximum Gasteiger partial charge on any atom is 0.443 e. The van der Waals surface area contributed by atoms with Crippen LogP contribution in [0.1, 0.15) is 113 Å². The standard InChI is InChI=1S/C12H25N3O2S2Si.C11H19N3O4S2.C6H11N3O2S2.2CH4/c1-11(2,3)20(6,7)15-19(13,17)9-8-14-10(18-9)12(4,5)16;1-10(2,3)18-9(15)14-20(12,17)7-6-13-8(19-7)11(4,5)16;1-6(2,10)5-9-3-4(12-5)13(7,8)11;;/h8,16H,1-7H3,(H2,13,15,17);6,16H,1-5H3,(H2,12,14,15,17);3,10H,1-2H3,(H3,7,8,11);2*1H4. The van der Waals surface area contributed by atoms with E-state index in [4.69, 9.17) is 24.9 Å². The number of hydrogen-bond donors (Lipinski definition) is 7. The van der Waals surface area contributed by atoms with E-state index < -0.39 is 66.5 Å². The Morgan fingerprint density at radius 3 is 1.25 bits per heavy atom. The van der Waals surface area contributed by atoms with Crippen LogP contribution in [0.3, 0.4) is 0 Å². The van der Waals surface area contributed by atoms with Crippen molar-refractivity contribution in [2.24, 2.45) is 23.8 Å². The molecule has 0 fully saturated rings. The Hall–Kier alpha value is -1.81. The third-order valence-electron chi connectivity index (χ3n) is 6.70. The molecule has 17 nitrogen and oxygen atoms in total. The maximum absolute atomic E-state index is 12.7. The van der Waals surface area contributed by atoms with Gasteiger partial charge in [-0.2, -0.15) is 0 Å². The van der Waals surface area contributed by atoms with Gasteiger partial charge in [0.1, 0.15) is 69.9 Å². The highest BCUT2D eigenvalue weighted by Gasteiger charge is 2.38. The van der Waals surface area contributed by atoms with Crippen molar-refractivity contribution in [3.63, 3.8) is 0 Å². The fourth-order valence-corrected chi connectivity index (χ4v) is 12.7. The number of aromatic nitrogens is 3. The Morgan fingerprint density at radius 2 is 1.00 bits per heavy atom. The van der Waals surface area contributed by atoms with Gasteiger partial charge in [0.25, 0.3) is 0 Å². The molecule has 3 heterocycles. The zero-order valence-electron chi connectivity index (χ0n) is 32.5. The van der Waals surface area contributed by atoms with Gasteiger partial charge in [-0.05, 0) is 80.4 Å². The molecule has 0 bridgehead atoms. The first kappa shape index (κ1) is 55.3. The lowest BCUT2D eigenvalue weighted by Crippen LogP contribution is -2.37. The van der Waals surface area contributed by atoms with E-state index >= 15 is 0 Å². The molecular weight excluding hydrogens is 847 g/mol. The quantitative estimate of drug-likeness (QED) is 0.118. The van der Waals surface area contributed by atoms with E-state index in [1.807, 2.05) is 0 Å². The third kappa shape index (κ3) is 17.7. The Bertz CT molecular complexity index is 2090. The zero-order chi connectivity index (χ0) is 42.0. The molecule has 0 aliphatic rings. The van der Waals surface area contributed by atoms with Gasteiger partial charge >= 0.3 is 6.09 Å². The Labute approximate surface area is 341 Å². The van der Waals surface area contributed by atoms with Crippen molar-refractivity contribution in [2.45, 2.75) is 151 Å². The fraction of sp³-hybridized carbons (Fsp3) is 0.677. The van der Waals surface area contributed by atoms with Crippen molar-refractivity contribution in [2.75, 3.05) is 0 Å². The Kier molecular flexibility index (Phi) is 18.9. The van der Waals surface area contributed by atoms with E-state index in [1.165, 1.54) is 18.6 Å². The average molecular weight is 910 g/mol. The lowest BCUT2D eigenvalue weighted by molar-refractivity contribution is 0.0606. The van der Waals surface area contributed by atoms with Crippen LogP contribution < -0.4 is 15.4 Å². The summed E-state index contributed by atoms with van der Waals surface area (Å²) >= 11 is 3.11. The molecule has 10 N–H and O–H groups in total. The molecule has 1 amide bonds. The number of carbonyl (C=O) groups excluding carboxylic acids is 1. The summed E-state index contributed by atoms with van der Waals surface area (Å²) in [6.45, 7) is 24.9.